The maximum Gasteiger partial charge on any atom is 0.325 e. The van der Waals surface area contributed by atoms with Crippen molar-refractivity contribution in [3.05, 3.63) is 65.7 Å². The molecule has 2 aromatic carbocycles. The molecule has 0 saturated carbocycles. The molecular weight excluding hydrogens is 360 g/mol. The molecule has 2 amide bonds. The first kappa shape index (κ1) is 21.0. The lowest BCUT2D eigenvalue weighted by atomic mass is 10.1. The molecule has 0 saturated heterocycles. The number of nitrogens with one attached hydrogen (secondary N) is 2. The lowest BCUT2D eigenvalue weighted by Gasteiger charge is -2.08. The number of benzene rings is 2. The molecule has 28 heavy (non-hydrogen) atoms. The lowest BCUT2D eigenvalue weighted by molar-refractivity contribution is -0.148. The van der Waals surface area contributed by atoms with Gasteiger partial charge in [-0.3, -0.25) is 14.4 Å². The van der Waals surface area contributed by atoms with Crippen LogP contribution in [0.2, 0.25) is 0 Å². The average Bonchev–Trinajstić information content (AvgIpc) is 2.72. The van der Waals surface area contributed by atoms with Gasteiger partial charge in [0.15, 0.2) is 6.61 Å². The van der Waals surface area contributed by atoms with Gasteiger partial charge in [0.1, 0.15) is 12.3 Å². The van der Waals surface area contributed by atoms with Crippen molar-refractivity contribution in [1.29, 1.82) is 0 Å². The van der Waals surface area contributed by atoms with Crippen LogP contribution >= 0.6 is 0 Å². The Morgan fingerprint density at radius 1 is 0.857 bits per heavy atom. The highest BCUT2D eigenvalue weighted by Gasteiger charge is 2.10. The zero-order chi connectivity index (χ0) is 20.2. The quantitative estimate of drug-likeness (QED) is 0.602. The van der Waals surface area contributed by atoms with E-state index in [0.29, 0.717) is 13.0 Å². The summed E-state index contributed by atoms with van der Waals surface area (Å²) in [7, 11) is 1.60. The topological polar surface area (TPSA) is 93.7 Å². The highest BCUT2D eigenvalue weighted by molar-refractivity contribution is 5.85. The van der Waals surface area contributed by atoms with Crippen molar-refractivity contribution in [2.45, 2.75) is 12.8 Å². The Bertz CT molecular complexity index is 775. The van der Waals surface area contributed by atoms with Crippen molar-refractivity contribution < 1.29 is 23.9 Å². The van der Waals surface area contributed by atoms with E-state index in [-0.39, 0.29) is 25.5 Å². The number of methoxy groups -OCH3 is 1. The number of ether oxygens (including phenoxy) is 2. The van der Waals surface area contributed by atoms with Crippen molar-refractivity contribution in [1.82, 2.24) is 10.6 Å². The number of rotatable bonds is 10. The van der Waals surface area contributed by atoms with Crippen LogP contribution in [0.1, 0.15) is 11.1 Å². The zero-order valence-corrected chi connectivity index (χ0v) is 15.8. The molecule has 2 N–H and O–H groups in total. The van der Waals surface area contributed by atoms with E-state index in [0.717, 1.165) is 16.9 Å². The van der Waals surface area contributed by atoms with E-state index in [1.54, 1.807) is 7.11 Å². The molecular formula is C21H24N2O5. The molecule has 0 aliphatic heterocycles. The molecule has 0 fully saturated rings. The maximum absolute atomic E-state index is 11.8. The Morgan fingerprint density at radius 3 is 2.25 bits per heavy atom. The van der Waals surface area contributed by atoms with Crippen LogP contribution < -0.4 is 15.4 Å². The minimum atomic E-state index is -0.660. The molecule has 2 rings (SSSR count). The summed E-state index contributed by atoms with van der Waals surface area (Å²) in [4.78, 5) is 35.1. The fourth-order valence-electron chi connectivity index (χ4n) is 2.40. The van der Waals surface area contributed by atoms with Crippen molar-refractivity contribution >= 4 is 17.8 Å². The summed E-state index contributed by atoms with van der Waals surface area (Å²) in [5.74, 6) is -0.563. The molecule has 0 unspecified atom stereocenters. The predicted octanol–water partition coefficient (Wildman–Crippen LogP) is 1.26. The standard InChI is InChI=1S/C21H24N2O5/c1-27-18-9-7-16(8-10-18)11-12-22-20(25)15-28-21(26)14-23-19(24)13-17-5-3-2-4-6-17/h2-10H,11-15H2,1H3,(H,22,25)(H,23,24). The summed E-state index contributed by atoms with van der Waals surface area (Å²) in [5.41, 5.74) is 1.91. The van der Waals surface area contributed by atoms with Crippen LogP contribution in [0.5, 0.6) is 5.75 Å². The van der Waals surface area contributed by atoms with Crippen LogP contribution in [0, 0.1) is 0 Å². The molecule has 0 aliphatic carbocycles. The third kappa shape index (κ3) is 7.90. The van der Waals surface area contributed by atoms with E-state index in [1.165, 1.54) is 0 Å². The molecule has 0 aliphatic rings. The highest BCUT2D eigenvalue weighted by Crippen LogP contribution is 2.11. The first-order valence-electron chi connectivity index (χ1n) is 8.92. The average molecular weight is 384 g/mol. The van der Waals surface area contributed by atoms with Gasteiger partial charge in [0, 0.05) is 6.54 Å². The van der Waals surface area contributed by atoms with Crippen molar-refractivity contribution in [2.75, 3.05) is 26.8 Å². The Hall–Kier alpha value is -3.35. The van der Waals surface area contributed by atoms with Gasteiger partial charge in [-0.05, 0) is 29.7 Å². The third-order valence-corrected chi connectivity index (χ3v) is 3.90. The highest BCUT2D eigenvalue weighted by atomic mass is 16.5. The number of amides is 2. The molecule has 148 valence electrons. The molecule has 7 heteroatoms. The second-order valence-corrected chi connectivity index (χ2v) is 6.05. The van der Waals surface area contributed by atoms with E-state index in [1.807, 2.05) is 54.6 Å². The van der Waals surface area contributed by atoms with Gasteiger partial charge < -0.3 is 20.1 Å². The van der Waals surface area contributed by atoms with Gasteiger partial charge in [0.05, 0.1) is 13.5 Å². The van der Waals surface area contributed by atoms with Crippen molar-refractivity contribution in [2.24, 2.45) is 0 Å². The van der Waals surface area contributed by atoms with E-state index in [4.69, 9.17) is 9.47 Å². The van der Waals surface area contributed by atoms with Gasteiger partial charge >= 0.3 is 5.97 Å². The number of hydrogen-bond donors (Lipinski definition) is 2. The van der Waals surface area contributed by atoms with Crippen LogP contribution in [0.25, 0.3) is 0 Å². The smallest absolute Gasteiger partial charge is 0.325 e. The van der Waals surface area contributed by atoms with E-state index < -0.39 is 11.9 Å². The molecule has 2 aromatic rings. The summed E-state index contributed by atoms with van der Waals surface area (Å²) in [6.07, 6.45) is 0.833. The zero-order valence-electron chi connectivity index (χ0n) is 15.8. The van der Waals surface area contributed by atoms with Crippen LogP contribution in [-0.2, 0) is 32.0 Å². The summed E-state index contributed by atoms with van der Waals surface area (Å²) < 4.78 is 9.94. The molecule has 0 bridgehead atoms. The fraction of sp³-hybridized carbons (Fsp3) is 0.286. The molecule has 0 heterocycles. The van der Waals surface area contributed by atoms with Crippen molar-refractivity contribution in [3.8, 4) is 5.75 Å². The summed E-state index contributed by atoms with van der Waals surface area (Å²) in [6.45, 7) is -0.225. The lowest BCUT2D eigenvalue weighted by Crippen LogP contribution is -2.35. The second-order valence-electron chi connectivity index (χ2n) is 6.05. The molecule has 0 radical (unpaired) electrons. The van der Waals surface area contributed by atoms with Crippen LogP contribution in [0.4, 0.5) is 0 Å². The summed E-state index contributed by atoms with van der Waals surface area (Å²) in [5, 5.41) is 5.15. The van der Waals surface area contributed by atoms with Gasteiger partial charge in [-0.25, -0.2) is 0 Å². The van der Waals surface area contributed by atoms with Gasteiger partial charge in [-0.1, -0.05) is 42.5 Å². The fourth-order valence-corrected chi connectivity index (χ4v) is 2.40. The number of esters is 1. The minimum absolute atomic E-state index is 0.181. The Kier molecular flexibility index (Phi) is 8.52. The minimum Gasteiger partial charge on any atom is -0.497 e. The van der Waals surface area contributed by atoms with Gasteiger partial charge in [-0.2, -0.15) is 0 Å². The van der Waals surface area contributed by atoms with Crippen molar-refractivity contribution in [3.63, 3.8) is 0 Å². The summed E-state index contributed by atoms with van der Waals surface area (Å²) >= 11 is 0. The number of carbonyl (C=O) groups is 3. The first-order valence-corrected chi connectivity index (χ1v) is 8.92. The largest absolute Gasteiger partial charge is 0.497 e. The maximum atomic E-state index is 11.8. The van der Waals surface area contributed by atoms with E-state index in [2.05, 4.69) is 10.6 Å². The van der Waals surface area contributed by atoms with Gasteiger partial charge in [-0.15, -0.1) is 0 Å². The van der Waals surface area contributed by atoms with Crippen LogP contribution in [-0.4, -0.2) is 44.6 Å². The Morgan fingerprint density at radius 2 is 1.57 bits per heavy atom. The SMILES string of the molecule is COc1ccc(CCNC(=O)COC(=O)CNC(=O)Cc2ccccc2)cc1. The Balaban J connectivity index is 1.57. The predicted molar refractivity (Wildman–Crippen MR) is 104 cm³/mol. The Labute approximate surface area is 164 Å². The van der Waals surface area contributed by atoms with Gasteiger partial charge in [0.2, 0.25) is 5.91 Å². The molecule has 0 atom stereocenters. The molecule has 0 aromatic heterocycles. The van der Waals surface area contributed by atoms with E-state index >= 15 is 0 Å². The number of carbonyl (C=O) groups excluding carboxylic acids is 3. The van der Waals surface area contributed by atoms with Gasteiger partial charge in [0.25, 0.3) is 5.91 Å². The van der Waals surface area contributed by atoms with Crippen LogP contribution in [0.3, 0.4) is 0 Å². The molecule has 0 spiro atoms. The molecule has 7 nitrogen and oxygen atoms in total. The van der Waals surface area contributed by atoms with E-state index in [9.17, 15) is 14.4 Å². The summed E-state index contributed by atoms with van der Waals surface area (Å²) in [6, 6.07) is 16.7. The number of hydrogen-bond acceptors (Lipinski definition) is 5. The monoisotopic (exact) mass is 384 g/mol. The first-order chi connectivity index (χ1) is 13.6. The normalized spacial score (nSPS) is 10.0. The second kappa shape index (κ2) is 11.4. The van der Waals surface area contributed by atoms with Crippen LogP contribution in [0.15, 0.2) is 54.6 Å². The third-order valence-electron chi connectivity index (χ3n) is 3.90.